The summed E-state index contributed by atoms with van der Waals surface area (Å²) in [6, 6.07) is 7.56. The van der Waals surface area contributed by atoms with Gasteiger partial charge in [0.05, 0.1) is 11.1 Å². The minimum absolute atomic E-state index is 0.00242. The number of hydrogen-bond acceptors (Lipinski definition) is 6. The fourth-order valence-corrected chi connectivity index (χ4v) is 1.89. The molecule has 2 N–H and O–H groups in total. The molecule has 1 amide bonds. The van der Waals surface area contributed by atoms with Crippen LogP contribution in [0.5, 0.6) is 11.5 Å². The molecular formula is C14H9ClN3O5-. The van der Waals surface area contributed by atoms with Crippen LogP contribution >= 0.6 is 11.6 Å². The Labute approximate surface area is 134 Å². The molecular weight excluding hydrogens is 326 g/mol. The number of nitro benzene ring substituents is 1. The summed E-state index contributed by atoms with van der Waals surface area (Å²) in [5.74, 6) is -1.43. The maximum absolute atomic E-state index is 11.8. The van der Waals surface area contributed by atoms with Crippen molar-refractivity contribution in [2.24, 2.45) is 5.10 Å². The second-order valence-corrected chi connectivity index (χ2v) is 4.78. The fraction of sp³-hybridized carbons (Fsp3) is 0. The van der Waals surface area contributed by atoms with Crippen LogP contribution in [0.1, 0.15) is 15.9 Å². The van der Waals surface area contributed by atoms with Crippen molar-refractivity contribution < 1.29 is 19.9 Å². The van der Waals surface area contributed by atoms with Gasteiger partial charge in [-0.25, -0.2) is 5.43 Å². The Bertz CT molecular complexity index is 790. The van der Waals surface area contributed by atoms with E-state index in [2.05, 4.69) is 10.5 Å². The summed E-state index contributed by atoms with van der Waals surface area (Å²) in [6.45, 7) is 0. The number of nitro groups is 1. The molecule has 2 aromatic carbocycles. The van der Waals surface area contributed by atoms with Crippen LogP contribution in [-0.4, -0.2) is 22.2 Å². The normalized spacial score (nSPS) is 10.7. The number of carbonyl (C=O) groups excluding carboxylic acids is 1. The monoisotopic (exact) mass is 334 g/mol. The van der Waals surface area contributed by atoms with E-state index in [0.29, 0.717) is 0 Å². The van der Waals surface area contributed by atoms with Crippen molar-refractivity contribution in [1.29, 1.82) is 0 Å². The number of rotatable bonds is 4. The highest BCUT2D eigenvalue weighted by Crippen LogP contribution is 2.29. The maximum Gasteiger partial charge on any atom is 0.271 e. The van der Waals surface area contributed by atoms with E-state index in [1.54, 1.807) is 0 Å². The molecule has 0 unspecified atom stereocenters. The lowest BCUT2D eigenvalue weighted by Gasteiger charge is -2.10. The Kier molecular flexibility index (Phi) is 4.77. The van der Waals surface area contributed by atoms with Crippen molar-refractivity contribution in [1.82, 2.24) is 5.43 Å². The number of benzene rings is 2. The minimum atomic E-state index is -0.859. The molecule has 0 aliphatic rings. The predicted octanol–water partition coefficient (Wildman–Crippen LogP) is 1.79. The third-order valence-corrected chi connectivity index (χ3v) is 2.98. The van der Waals surface area contributed by atoms with E-state index in [1.165, 1.54) is 30.3 Å². The number of nitrogens with zero attached hydrogens (tertiary/aromatic N) is 2. The number of hydrogen-bond donors (Lipinski definition) is 2. The van der Waals surface area contributed by atoms with Gasteiger partial charge in [-0.3, -0.25) is 14.9 Å². The van der Waals surface area contributed by atoms with Crippen LogP contribution in [0, 0.1) is 10.1 Å². The predicted molar refractivity (Wildman–Crippen MR) is 80.7 cm³/mol. The summed E-state index contributed by atoms with van der Waals surface area (Å²) in [5, 5.41) is 35.3. The molecule has 0 radical (unpaired) electrons. The van der Waals surface area contributed by atoms with Gasteiger partial charge in [0.15, 0.2) is 0 Å². The lowest BCUT2D eigenvalue weighted by Crippen LogP contribution is -2.17. The van der Waals surface area contributed by atoms with Crippen molar-refractivity contribution in [2.75, 3.05) is 0 Å². The first-order valence-electron chi connectivity index (χ1n) is 6.16. The molecule has 9 heteroatoms. The zero-order chi connectivity index (χ0) is 17.0. The molecule has 118 valence electrons. The van der Waals surface area contributed by atoms with E-state index >= 15 is 0 Å². The quantitative estimate of drug-likeness (QED) is 0.500. The third-order valence-electron chi connectivity index (χ3n) is 2.76. The Morgan fingerprint density at radius 1 is 1.30 bits per heavy atom. The average molecular weight is 335 g/mol. The number of phenols is 1. The molecule has 2 rings (SSSR count). The SMILES string of the molecule is O=C(N/N=C/c1cc(Cl)cc([N+](=O)[O-])c1[O-])c1ccc(O)cc1. The molecule has 0 fully saturated rings. The molecule has 2 aromatic rings. The zero-order valence-electron chi connectivity index (χ0n) is 11.4. The van der Waals surface area contributed by atoms with Gasteiger partial charge < -0.3 is 10.2 Å². The summed E-state index contributed by atoms with van der Waals surface area (Å²) in [7, 11) is 0. The summed E-state index contributed by atoms with van der Waals surface area (Å²) in [5.41, 5.74) is 1.59. The second kappa shape index (κ2) is 6.75. The summed E-state index contributed by atoms with van der Waals surface area (Å²) in [4.78, 5) is 21.6. The van der Waals surface area contributed by atoms with Crippen LogP contribution in [0.15, 0.2) is 41.5 Å². The number of nitrogens with one attached hydrogen (secondary N) is 1. The first-order valence-corrected chi connectivity index (χ1v) is 6.53. The Morgan fingerprint density at radius 2 is 1.96 bits per heavy atom. The number of hydrazone groups is 1. The van der Waals surface area contributed by atoms with Crippen LogP contribution in [0.4, 0.5) is 5.69 Å². The lowest BCUT2D eigenvalue weighted by atomic mass is 10.2. The molecule has 23 heavy (non-hydrogen) atoms. The van der Waals surface area contributed by atoms with Crippen molar-refractivity contribution in [3.63, 3.8) is 0 Å². The first-order chi connectivity index (χ1) is 10.9. The molecule has 0 saturated heterocycles. The Morgan fingerprint density at radius 3 is 2.57 bits per heavy atom. The number of phenolic OH excluding ortho intramolecular Hbond substituents is 1. The van der Waals surface area contributed by atoms with Gasteiger partial charge in [-0.2, -0.15) is 5.10 Å². The molecule has 0 aliphatic carbocycles. The molecule has 0 aromatic heterocycles. The molecule has 0 atom stereocenters. The summed E-state index contributed by atoms with van der Waals surface area (Å²) in [6.07, 6.45) is 0.972. The van der Waals surface area contributed by atoms with Crippen molar-refractivity contribution in [3.8, 4) is 11.5 Å². The van der Waals surface area contributed by atoms with Gasteiger partial charge in [0.2, 0.25) is 0 Å². The maximum atomic E-state index is 11.8. The highest BCUT2D eigenvalue weighted by molar-refractivity contribution is 6.31. The van der Waals surface area contributed by atoms with Gasteiger partial charge in [0.25, 0.3) is 11.6 Å². The fourth-order valence-electron chi connectivity index (χ4n) is 1.67. The Hall–Kier alpha value is -3.13. The topological polar surface area (TPSA) is 128 Å². The first kappa shape index (κ1) is 16.2. The van der Waals surface area contributed by atoms with Gasteiger partial charge in [-0.15, -0.1) is 0 Å². The van der Waals surface area contributed by atoms with Gasteiger partial charge in [0.1, 0.15) is 5.75 Å². The van der Waals surface area contributed by atoms with Gasteiger partial charge in [0, 0.05) is 16.7 Å². The van der Waals surface area contributed by atoms with Gasteiger partial charge in [-0.1, -0.05) is 11.6 Å². The average Bonchev–Trinajstić information content (AvgIpc) is 2.50. The van der Waals surface area contributed by atoms with E-state index in [-0.39, 0.29) is 21.9 Å². The van der Waals surface area contributed by atoms with E-state index < -0.39 is 22.3 Å². The smallest absolute Gasteiger partial charge is 0.271 e. The second-order valence-electron chi connectivity index (χ2n) is 4.35. The van der Waals surface area contributed by atoms with Crippen LogP contribution in [0.3, 0.4) is 0 Å². The molecule has 0 spiro atoms. The number of aromatic hydroxyl groups is 1. The highest BCUT2D eigenvalue weighted by Gasteiger charge is 2.11. The van der Waals surface area contributed by atoms with Gasteiger partial charge >= 0.3 is 0 Å². The van der Waals surface area contributed by atoms with Crippen LogP contribution in [0.25, 0.3) is 0 Å². The Balaban J connectivity index is 2.16. The lowest BCUT2D eigenvalue weighted by molar-refractivity contribution is -0.398. The largest absolute Gasteiger partial charge is 0.867 e. The van der Waals surface area contributed by atoms with Crippen molar-refractivity contribution in [3.05, 3.63) is 62.7 Å². The standard InChI is InChI=1S/C14H10ClN3O5/c15-10-5-9(13(20)12(6-10)18(22)23)7-16-17-14(21)8-1-3-11(19)4-2-8/h1-7,19-20H,(H,17,21)/p-1/b16-7+. The molecule has 0 saturated carbocycles. The van der Waals surface area contributed by atoms with E-state index in [0.717, 1.165) is 12.3 Å². The number of halogens is 1. The number of amides is 1. The molecule has 0 bridgehead atoms. The van der Waals surface area contributed by atoms with Crippen LogP contribution in [0.2, 0.25) is 5.02 Å². The molecule has 0 aliphatic heterocycles. The van der Waals surface area contributed by atoms with E-state index in [9.17, 15) is 20.0 Å². The zero-order valence-corrected chi connectivity index (χ0v) is 12.1. The molecule has 0 heterocycles. The highest BCUT2D eigenvalue weighted by atomic mass is 35.5. The van der Waals surface area contributed by atoms with Gasteiger partial charge in [-0.05, 0) is 41.6 Å². The molecule has 8 nitrogen and oxygen atoms in total. The summed E-state index contributed by atoms with van der Waals surface area (Å²) >= 11 is 5.70. The number of carbonyl (C=O) groups is 1. The van der Waals surface area contributed by atoms with E-state index in [4.69, 9.17) is 16.7 Å². The van der Waals surface area contributed by atoms with Crippen LogP contribution < -0.4 is 10.5 Å². The van der Waals surface area contributed by atoms with Crippen molar-refractivity contribution in [2.45, 2.75) is 0 Å². The third kappa shape index (κ3) is 3.95. The van der Waals surface area contributed by atoms with Crippen molar-refractivity contribution >= 4 is 29.4 Å². The van der Waals surface area contributed by atoms with Crippen LogP contribution in [-0.2, 0) is 0 Å². The summed E-state index contributed by atoms with van der Waals surface area (Å²) < 4.78 is 0. The minimum Gasteiger partial charge on any atom is -0.867 e. The van der Waals surface area contributed by atoms with E-state index in [1.807, 2.05) is 0 Å².